The van der Waals surface area contributed by atoms with Gasteiger partial charge < -0.3 is 4.74 Å². The van der Waals surface area contributed by atoms with Crippen molar-refractivity contribution in [2.75, 3.05) is 13.1 Å². The van der Waals surface area contributed by atoms with E-state index in [0.29, 0.717) is 12.1 Å². The summed E-state index contributed by atoms with van der Waals surface area (Å²) in [5.74, 6) is 1.01. The Morgan fingerprint density at radius 1 is 0.903 bits per heavy atom. The second kappa shape index (κ2) is 9.63. The highest BCUT2D eigenvalue weighted by Crippen LogP contribution is 2.40. The molecule has 0 bridgehead atoms. The largest absolute Gasteiger partial charge is 0.489 e. The number of fused-ring (bicyclic) bond motifs is 2. The fourth-order valence-corrected chi connectivity index (χ4v) is 5.66. The molecule has 164 valence electrons. The summed E-state index contributed by atoms with van der Waals surface area (Å²) >= 11 is 0. The number of hydrogen-bond acceptors (Lipinski definition) is 2. The average molecular weight is 436 g/mol. The Balaban J connectivity index is 0.00000231. The van der Waals surface area contributed by atoms with E-state index in [9.17, 15) is 0 Å². The molecule has 0 N–H and O–H groups in total. The van der Waals surface area contributed by atoms with E-state index in [2.05, 4.69) is 72.5 Å². The summed E-state index contributed by atoms with van der Waals surface area (Å²) in [5, 5.41) is 2.56. The van der Waals surface area contributed by atoms with Crippen molar-refractivity contribution in [2.24, 2.45) is 0 Å². The normalized spacial score (nSPS) is 20.9. The first-order valence-corrected chi connectivity index (χ1v) is 11.7. The number of likely N-dealkylation sites (tertiary alicyclic amines) is 1. The number of benzene rings is 3. The number of hydrogen-bond donors (Lipinski definition) is 0. The highest BCUT2D eigenvalue weighted by atomic mass is 35.5. The quantitative estimate of drug-likeness (QED) is 0.429. The molecule has 1 atom stereocenters. The molecule has 1 aliphatic heterocycles. The van der Waals surface area contributed by atoms with Gasteiger partial charge in [0.15, 0.2) is 0 Å². The third-order valence-corrected chi connectivity index (χ3v) is 7.26. The van der Waals surface area contributed by atoms with Gasteiger partial charge >= 0.3 is 0 Å². The van der Waals surface area contributed by atoms with E-state index in [4.69, 9.17) is 4.74 Å². The first-order valence-electron chi connectivity index (χ1n) is 11.7. The summed E-state index contributed by atoms with van der Waals surface area (Å²) in [7, 11) is 0. The molecule has 3 aromatic rings. The molecule has 31 heavy (non-hydrogen) atoms. The predicted molar refractivity (Wildman–Crippen MR) is 132 cm³/mol. The molecule has 1 aliphatic carbocycles. The predicted octanol–water partition coefficient (Wildman–Crippen LogP) is 6.96. The van der Waals surface area contributed by atoms with Crippen molar-refractivity contribution < 1.29 is 4.74 Å². The third-order valence-electron chi connectivity index (χ3n) is 7.26. The van der Waals surface area contributed by atoms with E-state index in [1.54, 1.807) is 5.56 Å². The van der Waals surface area contributed by atoms with Crippen LogP contribution >= 0.6 is 12.4 Å². The van der Waals surface area contributed by atoms with Gasteiger partial charge in [0.05, 0.1) is 0 Å². The fraction of sp³-hybridized carbons (Fsp3) is 0.429. The van der Waals surface area contributed by atoms with Crippen molar-refractivity contribution in [2.45, 2.75) is 64.0 Å². The Morgan fingerprint density at radius 2 is 1.77 bits per heavy atom. The molecule has 1 heterocycles. The van der Waals surface area contributed by atoms with Crippen LogP contribution in [0.15, 0.2) is 60.7 Å². The Morgan fingerprint density at radius 3 is 2.65 bits per heavy atom. The number of nitrogens with zero attached hydrogens (tertiary/aromatic N) is 1. The summed E-state index contributed by atoms with van der Waals surface area (Å²) in [5.41, 5.74) is 4.68. The van der Waals surface area contributed by atoms with Crippen LogP contribution in [0.4, 0.5) is 0 Å². The Kier molecular flexibility index (Phi) is 6.89. The zero-order chi connectivity index (χ0) is 20.4. The second-order valence-electron chi connectivity index (χ2n) is 9.25. The van der Waals surface area contributed by atoms with Crippen molar-refractivity contribution >= 4 is 23.2 Å². The van der Waals surface area contributed by atoms with E-state index in [0.717, 1.165) is 5.75 Å². The zero-order valence-corrected chi connectivity index (χ0v) is 19.4. The smallest absolute Gasteiger partial charge is 0.120 e. The topological polar surface area (TPSA) is 12.5 Å². The number of rotatable bonds is 5. The van der Waals surface area contributed by atoms with Crippen molar-refractivity contribution in [1.29, 1.82) is 0 Å². The van der Waals surface area contributed by atoms with Gasteiger partial charge in [0, 0.05) is 5.54 Å². The number of piperidine rings is 1. The van der Waals surface area contributed by atoms with Crippen LogP contribution in [0.5, 0.6) is 5.75 Å². The molecule has 2 aliphatic rings. The van der Waals surface area contributed by atoms with Gasteiger partial charge in [-0.15, -0.1) is 12.4 Å². The molecular formula is C28H34ClNO. The minimum atomic E-state index is 0. The van der Waals surface area contributed by atoms with Gasteiger partial charge in [-0.05, 0) is 97.3 Å². The van der Waals surface area contributed by atoms with Crippen LogP contribution in [0.1, 0.15) is 55.7 Å². The van der Waals surface area contributed by atoms with Crippen molar-refractivity contribution in [1.82, 2.24) is 4.90 Å². The van der Waals surface area contributed by atoms with Gasteiger partial charge in [-0.25, -0.2) is 0 Å². The molecule has 2 nitrogen and oxygen atoms in total. The van der Waals surface area contributed by atoms with Crippen molar-refractivity contribution in [3.05, 3.63) is 77.4 Å². The Hall–Kier alpha value is -2.03. The molecule has 5 rings (SSSR count). The van der Waals surface area contributed by atoms with Crippen LogP contribution < -0.4 is 4.74 Å². The summed E-state index contributed by atoms with van der Waals surface area (Å²) in [4.78, 5) is 2.81. The van der Waals surface area contributed by atoms with E-state index >= 15 is 0 Å². The molecule has 0 saturated carbocycles. The molecule has 1 fully saturated rings. The lowest BCUT2D eigenvalue weighted by molar-refractivity contribution is 0.0340. The van der Waals surface area contributed by atoms with Crippen LogP contribution in [0.3, 0.4) is 0 Å². The highest BCUT2D eigenvalue weighted by Gasteiger charge is 2.40. The minimum Gasteiger partial charge on any atom is -0.489 e. The zero-order valence-electron chi connectivity index (χ0n) is 18.6. The maximum atomic E-state index is 6.19. The lowest BCUT2D eigenvalue weighted by atomic mass is 9.72. The average Bonchev–Trinajstić information content (AvgIpc) is 2.79. The molecule has 1 spiro atoms. The SMILES string of the molecule is CCCN1CCCCC12CCc1cc(OCc3ccc4ccccc4c3)ccc1C2.Cl. The molecule has 0 aromatic heterocycles. The Labute approximate surface area is 193 Å². The minimum absolute atomic E-state index is 0. The van der Waals surface area contributed by atoms with E-state index in [-0.39, 0.29) is 12.4 Å². The number of ether oxygens (including phenoxy) is 1. The van der Waals surface area contributed by atoms with Gasteiger partial charge in [-0.2, -0.15) is 0 Å². The first-order chi connectivity index (χ1) is 14.8. The second-order valence-corrected chi connectivity index (χ2v) is 9.25. The van der Waals surface area contributed by atoms with Crippen LogP contribution in [0, 0.1) is 0 Å². The molecule has 3 aromatic carbocycles. The van der Waals surface area contributed by atoms with Crippen molar-refractivity contribution in [3.8, 4) is 5.75 Å². The molecule has 3 heteroatoms. The molecule has 0 amide bonds. The van der Waals surface area contributed by atoms with E-state index in [1.165, 1.54) is 79.9 Å². The monoisotopic (exact) mass is 435 g/mol. The molecular weight excluding hydrogens is 402 g/mol. The van der Waals surface area contributed by atoms with Gasteiger partial charge in [0.2, 0.25) is 0 Å². The molecule has 0 radical (unpaired) electrons. The van der Waals surface area contributed by atoms with Gasteiger partial charge in [-0.1, -0.05) is 55.8 Å². The van der Waals surface area contributed by atoms with Gasteiger partial charge in [-0.3, -0.25) is 4.90 Å². The number of aryl methyl sites for hydroxylation is 1. The highest BCUT2D eigenvalue weighted by molar-refractivity contribution is 5.85. The number of halogens is 1. The molecule has 1 saturated heterocycles. The van der Waals surface area contributed by atoms with Gasteiger partial charge in [0.1, 0.15) is 12.4 Å². The Bertz CT molecular complexity index is 1030. The molecule has 1 unspecified atom stereocenters. The van der Waals surface area contributed by atoms with E-state index in [1.807, 2.05) is 0 Å². The van der Waals surface area contributed by atoms with Crippen molar-refractivity contribution in [3.63, 3.8) is 0 Å². The third kappa shape index (κ3) is 4.61. The van der Waals surface area contributed by atoms with Crippen LogP contribution in [-0.2, 0) is 19.4 Å². The van der Waals surface area contributed by atoms with Crippen LogP contribution in [0.2, 0.25) is 0 Å². The first kappa shape index (κ1) is 22.2. The summed E-state index contributed by atoms with van der Waals surface area (Å²) in [6, 6.07) is 21.9. The fourth-order valence-electron chi connectivity index (χ4n) is 5.66. The maximum absolute atomic E-state index is 6.19. The summed E-state index contributed by atoms with van der Waals surface area (Å²) in [6.45, 7) is 5.48. The summed E-state index contributed by atoms with van der Waals surface area (Å²) < 4.78 is 6.19. The lowest BCUT2D eigenvalue weighted by Crippen LogP contribution is -2.55. The lowest BCUT2D eigenvalue weighted by Gasteiger charge is -2.50. The summed E-state index contributed by atoms with van der Waals surface area (Å²) in [6.07, 6.45) is 9.09. The van der Waals surface area contributed by atoms with E-state index < -0.39 is 0 Å². The van der Waals surface area contributed by atoms with Gasteiger partial charge in [0.25, 0.3) is 0 Å². The van der Waals surface area contributed by atoms with Crippen LogP contribution in [0.25, 0.3) is 10.8 Å². The van der Waals surface area contributed by atoms with Crippen LogP contribution in [-0.4, -0.2) is 23.5 Å². The maximum Gasteiger partial charge on any atom is 0.120 e. The standard InChI is InChI=1S/C28H33NO.ClH/c1-2-16-29-17-6-5-14-28(29)15-13-25-19-27(12-11-26(25)20-28)30-21-22-9-10-23-7-3-4-8-24(23)18-22;/h3-4,7-12,18-19H,2,5-6,13-17,20-21H2,1H3;1H.